The van der Waals surface area contributed by atoms with Gasteiger partial charge in [-0.1, -0.05) is 31.5 Å². The van der Waals surface area contributed by atoms with E-state index in [9.17, 15) is 0 Å². The van der Waals surface area contributed by atoms with Gasteiger partial charge in [0.1, 0.15) is 0 Å². The summed E-state index contributed by atoms with van der Waals surface area (Å²) in [6.45, 7) is 4.75. The Balaban J connectivity index is 2.10. The Morgan fingerprint density at radius 2 is 1.95 bits per heavy atom. The van der Waals surface area contributed by atoms with Crippen LogP contribution in [0.4, 0.5) is 5.69 Å². The number of rotatable bonds is 3. The van der Waals surface area contributed by atoms with E-state index in [4.69, 9.17) is 16.7 Å². The molecule has 0 saturated heterocycles. The molecule has 0 atom stereocenters. The van der Waals surface area contributed by atoms with Crippen LogP contribution in [0.15, 0.2) is 18.2 Å². The van der Waals surface area contributed by atoms with E-state index in [-0.39, 0.29) is 6.61 Å². The molecule has 1 saturated carbocycles. The van der Waals surface area contributed by atoms with Crippen molar-refractivity contribution in [1.82, 2.24) is 0 Å². The molecule has 2 rings (SSSR count). The van der Waals surface area contributed by atoms with Crippen molar-refractivity contribution in [2.24, 2.45) is 5.41 Å². The molecule has 0 aromatic heterocycles. The molecule has 1 aromatic carbocycles. The summed E-state index contributed by atoms with van der Waals surface area (Å²) in [5, 5.41) is 9.86. The SMILES string of the molecule is CN(c1ccc(CO)cc1Cl)C1CCC(C)(C)CC1. The van der Waals surface area contributed by atoms with Crippen LogP contribution in [0.25, 0.3) is 0 Å². The van der Waals surface area contributed by atoms with Gasteiger partial charge in [0.15, 0.2) is 0 Å². The van der Waals surface area contributed by atoms with Gasteiger partial charge in [-0.15, -0.1) is 0 Å². The Morgan fingerprint density at radius 3 is 2.47 bits per heavy atom. The van der Waals surface area contributed by atoms with Crippen molar-refractivity contribution in [1.29, 1.82) is 0 Å². The predicted octanol–water partition coefficient (Wildman–Crippen LogP) is 4.24. The molecule has 106 valence electrons. The predicted molar refractivity (Wildman–Crippen MR) is 81.8 cm³/mol. The molecule has 1 aromatic rings. The van der Waals surface area contributed by atoms with Crippen LogP contribution in [0, 0.1) is 5.41 Å². The van der Waals surface area contributed by atoms with Crippen molar-refractivity contribution in [3.05, 3.63) is 28.8 Å². The van der Waals surface area contributed by atoms with Crippen molar-refractivity contribution in [3.8, 4) is 0 Å². The third-order valence-electron chi connectivity index (χ3n) is 4.43. The first-order valence-electron chi connectivity index (χ1n) is 7.05. The summed E-state index contributed by atoms with van der Waals surface area (Å²) in [6.07, 6.45) is 4.99. The summed E-state index contributed by atoms with van der Waals surface area (Å²) in [7, 11) is 2.13. The second-order valence-corrected chi connectivity index (χ2v) is 6.86. The standard InChI is InChI=1S/C16H24ClNO/c1-16(2)8-6-13(7-9-16)18(3)15-5-4-12(11-19)10-14(15)17/h4-5,10,13,19H,6-9,11H2,1-3H3. The van der Waals surface area contributed by atoms with Gasteiger partial charge in [-0.3, -0.25) is 0 Å². The summed E-state index contributed by atoms with van der Waals surface area (Å²) in [6, 6.07) is 6.41. The molecule has 1 aliphatic rings. The lowest BCUT2D eigenvalue weighted by molar-refractivity contribution is 0.222. The number of aliphatic hydroxyl groups excluding tert-OH is 1. The highest BCUT2D eigenvalue weighted by atomic mass is 35.5. The number of anilines is 1. The Morgan fingerprint density at radius 1 is 1.32 bits per heavy atom. The summed E-state index contributed by atoms with van der Waals surface area (Å²) in [5.41, 5.74) is 2.43. The quantitative estimate of drug-likeness (QED) is 0.896. The molecule has 19 heavy (non-hydrogen) atoms. The van der Waals surface area contributed by atoms with Crippen LogP contribution < -0.4 is 4.90 Å². The maximum atomic E-state index is 9.13. The van der Waals surface area contributed by atoms with E-state index < -0.39 is 0 Å². The number of halogens is 1. The highest BCUT2D eigenvalue weighted by Crippen LogP contribution is 2.39. The number of hydrogen-bond donors (Lipinski definition) is 1. The highest BCUT2D eigenvalue weighted by Gasteiger charge is 2.29. The van der Waals surface area contributed by atoms with Crippen LogP contribution in [-0.2, 0) is 6.61 Å². The van der Waals surface area contributed by atoms with Crippen molar-refractivity contribution in [3.63, 3.8) is 0 Å². The molecule has 1 aliphatic carbocycles. The van der Waals surface area contributed by atoms with Crippen LogP contribution in [0.3, 0.4) is 0 Å². The maximum Gasteiger partial charge on any atom is 0.0682 e. The highest BCUT2D eigenvalue weighted by molar-refractivity contribution is 6.33. The minimum atomic E-state index is 0.0430. The molecule has 0 unspecified atom stereocenters. The molecule has 0 amide bonds. The van der Waals surface area contributed by atoms with E-state index in [1.54, 1.807) is 0 Å². The lowest BCUT2D eigenvalue weighted by atomic mass is 9.75. The van der Waals surface area contributed by atoms with Crippen molar-refractivity contribution in [2.45, 2.75) is 52.2 Å². The Labute approximate surface area is 121 Å². The topological polar surface area (TPSA) is 23.5 Å². The van der Waals surface area contributed by atoms with Gasteiger partial charge in [0.25, 0.3) is 0 Å². The molecule has 0 radical (unpaired) electrons. The number of aliphatic hydroxyl groups is 1. The molecule has 0 bridgehead atoms. The second kappa shape index (κ2) is 5.72. The van der Waals surface area contributed by atoms with Crippen molar-refractivity contribution in [2.75, 3.05) is 11.9 Å². The van der Waals surface area contributed by atoms with E-state index in [2.05, 4.69) is 25.8 Å². The van der Waals surface area contributed by atoms with Gasteiger partial charge in [0.2, 0.25) is 0 Å². The first-order chi connectivity index (χ1) is 8.93. The largest absolute Gasteiger partial charge is 0.392 e. The maximum absolute atomic E-state index is 9.13. The van der Waals surface area contributed by atoms with Gasteiger partial charge in [-0.25, -0.2) is 0 Å². The number of hydrogen-bond acceptors (Lipinski definition) is 2. The van der Waals surface area contributed by atoms with E-state index in [1.807, 2.05) is 18.2 Å². The first kappa shape index (κ1) is 14.7. The molecule has 0 heterocycles. The molecule has 1 fully saturated rings. The lowest BCUT2D eigenvalue weighted by Gasteiger charge is -2.39. The normalized spacial score (nSPS) is 19.4. The zero-order valence-electron chi connectivity index (χ0n) is 12.1. The molecule has 0 spiro atoms. The van der Waals surface area contributed by atoms with Gasteiger partial charge in [-0.05, 0) is 48.8 Å². The molecular weight excluding hydrogens is 258 g/mol. The molecule has 0 aliphatic heterocycles. The Hall–Kier alpha value is -0.730. The van der Waals surface area contributed by atoms with Crippen molar-refractivity contribution < 1.29 is 5.11 Å². The van der Waals surface area contributed by atoms with Crippen LogP contribution in [-0.4, -0.2) is 18.2 Å². The number of nitrogens with zero attached hydrogens (tertiary/aromatic N) is 1. The van der Waals surface area contributed by atoms with E-state index >= 15 is 0 Å². The zero-order valence-corrected chi connectivity index (χ0v) is 12.9. The average Bonchev–Trinajstić information content (AvgIpc) is 2.37. The monoisotopic (exact) mass is 281 g/mol. The fraction of sp³-hybridized carbons (Fsp3) is 0.625. The fourth-order valence-electron chi connectivity index (χ4n) is 2.90. The third kappa shape index (κ3) is 3.43. The first-order valence-corrected chi connectivity index (χ1v) is 7.43. The molecule has 1 N–H and O–H groups in total. The lowest BCUT2D eigenvalue weighted by Crippen LogP contribution is -2.37. The van der Waals surface area contributed by atoms with Crippen LogP contribution >= 0.6 is 11.6 Å². The summed E-state index contributed by atoms with van der Waals surface area (Å²) in [4.78, 5) is 2.30. The smallest absolute Gasteiger partial charge is 0.0682 e. The summed E-state index contributed by atoms with van der Waals surface area (Å²) < 4.78 is 0. The van der Waals surface area contributed by atoms with Gasteiger partial charge >= 0.3 is 0 Å². The molecular formula is C16H24ClNO. The number of benzene rings is 1. The van der Waals surface area contributed by atoms with E-state index in [0.717, 1.165) is 16.3 Å². The van der Waals surface area contributed by atoms with Crippen LogP contribution in [0.5, 0.6) is 0 Å². The minimum Gasteiger partial charge on any atom is -0.392 e. The fourth-order valence-corrected chi connectivity index (χ4v) is 3.24. The van der Waals surface area contributed by atoms with Gasteiger partial charge in [0.05, 0.1) is 17.3 Å². The summed E-state index contributed by atoms with van der Waals surface area (Å²) >= 11 is 6.33. The minimum absolute atomic E-state index is 0.0430. The van der Waals surface area contributed by atoms with Crippen LogP contribution in [0.2, 0.25) is 5.02 Å². The van der Waals surface area contributed by atoms with Gasteiger partial charge < -0.3 is 10.0 Å². The van der Waals surface area contributed by atoms with E-state index in [1.165, 1.54) is 25.7 Å². The van der Waals surface area contributed by atoms with Crippen molar-refractivity contribution >= 4 is 17.3 Å². The molecule has 3 heteroatoms. The van der Waals surface area contributed by atoms with E-state index in [0.29, 0.717) is 11.5 Å². The average molecular weight is 282 g/mol. The van der Waals surface area contributed by atoms with Gasteiger partial charge in [0, 0.05) is 13.1 Å². The zero-order chi connectivity index (χ0) is 14.0. The molecule has 2 nitrogen and oxygen atoms in total. The van der Waals surface area contributed by atoms with Gasteiger partial charge in [-0.2, -0.15) is 0 Å². The second-order valence-electron chi connectivity index (χ2n) is 6.45. The third-order valence-corrected chi connectivity index (χ3v) is 4.73. The summed E-state index contributed by atoms with van der Waals surface area (Å²) in [5.74, 6) is 0. The Kier molecular flexibility index (Phi) is 4.42. The van der Waals surface area contributed by atoms with Crippen LogP contribution in [0.1, 0.15) is 45.1 Å². The Bertz CT molecular complexity index is 434.